The van der Waals surface area contributed by atoms with Crippen LogP contribution in [0.5, 0.6) is 0 Å². The number of ether oxygens (including phenoxy) is 1. The molecule has 0 radical (unpaired) electrons. The molecule has 4 rings (SSSR count). The molecule has 4 nitrogen and oxygen atoms in total. The molecule has 1 aliphatic carbocycles. The molecule has 1 saturated heterocycles. The molecule has 1 aliphatic heterocycles. The third kappa shape index (κ3) is 4.09. The Bertz CT molecular complexity index is 961. The summed E-state index contributed by atoms with van der Waals surface area (Å²) in [5.41, 5.74) is 1.24. The average Bonchev–Trinajstić information content (AvgIpc) is 3.51. The van der Waals surface area contributed by atoms with Crippen molar-refractivity contribution in [1.29, 1.82) is 0 Å². The maximum absolute atomic E-state index is 14.4. The van der Waals surface area contributed by atoms with Crippen molar-refractivity contribution in [2.45, 2.75) is 49.5 Å². The molecule has 2 aliphatic rings. The molecule has 1 heterocycles. The van der Waals surface area contributed by atoms with Gasteiger partial charge in [0, 0.05) is 18.2 Å². The standard InChI is InChI=1S/C22H25F2NO3S/c23-18-9-10-19(20(24)14-18)21-8-4-5-13-25(21)29(26,27)22(11-12-22)16-28-15-17-6-2-1-3-7-17/h1-3,6-7,9-10,14,21H,4-5,8,11-13,15-16H2. The minimum Gasteiger partial charge on any atom is -0.375 e. The van der Waals surface area contributed by atoms with Gasteiger partial charge in [-0.05, 0) is 37.3 Å². The van der Waals surface area contributed by atoms with Crippen molar-refractivity contribution in [3.05, 3.63) is 71.3 Å². The molecule has 29 heavy (non-hydrogen) atoms. The van der Waals surface area contributed by atoms with E-state index in [1.54, 1.807) is 0 Å². The number of rotatable bonds is 7. The van der Waals surface area contributed by atoms with E-state index in [0.717, 1.165) is 24.5 Å². The highest BCUT2D eigenvalue weighted by molar-refractivity contribution is 7.90. The number of sulfonamides is 1. The Kier molecular flexibility index (Phi) is 5.73. The van der Waals surface area contributed by atoms with Crippen molar-refractivity contribution in [3.8, 4) is 0 Å². The van der Waals surface area contributed by atoms with E-state index in [0.29, 0.717) is 32.4 Å². The fraction of sp³-hybridized carbons (Fsp3) is 0.455. The molecule has 156 valence electrons. The Morgan fingerprint density at radius 2 is 1.83 bits per heavy atom. The normalized spacial score (nSPS) is 21.8. The summed E-state index contributed by atoms with van der Waals surface area (Å²) in [6.07, 6.45) is 3.16. The molecule has 0 bridgehead atoms. The van der Waals surface area contributed by atoms with Crippen LogP contribution >= 0.6 is 0 Å². The summed E-state index contributed by atoms with van der Waals surface area (Å²) in [6, 6.07) is 12.4. The first-order valence-corrected chi connectivity index (χ1v) is 11.4. The molecule has 0 spiro atoms. The van der Waals surface area contributed by atoms with Crippen LogP contribution in [0.1, 0.15) is 49.3 Å². The number of hydrogen-bond donors (Lipinski definition) is 0. The summed E-state index contributed by atoms with van der Waals surface area (Å²) in [5, 5.41) is 0. The van der Waals surface area contributed by atoms with Gasteiger partial charge in [0.2, 0.25) is 10.0 Å². The molecule has 0 aromatic heterocycles. The van der Waals surface area contributed by atoms with Crippen LogP contribution < -0.4 is 0 Å². The van der Waals surface area contributed by atoms with E-state index in [9.17, 15) is 17.2 Å². The Morgan fingerprint density at radius 3 is 2.52 bits per heavy atom. The SMILES string of the molecule is O=S(=O)(N1CCCCC1c1ccc(F)cc1F)C1(COCc2ccccc2)CC1. The van der Waals surface area contributed by atoms with Crippen LogP contribution in [0.25, 0.3) is 0 Å². The second-order valence-electron chi connectivity index (χ2n) is 7.95. The first kappa shape index (κ1) is 20.4. The first-order chi connectivity index (χ1) is 13.9. The quantitative estimate of drug-likeness (QED) is 0.658. The fourth-order valence-electron chi connectivity index (χ4n) is 4.07. The van der Waals surface area contributed by atoms with Crippen molar-refractivity contribution in [2.24, 2.45) is 0 Å². The highest BCUT2D eigenvalue weighted by atomic mass is 32.2. The van der Waals surface area contributed by atoms with E-state index in [1.165, 1.54) is 16.4 Å². The molecular weight excluding hydrogens is 396 g/mol. The molecule has 7 heteroatoms. The van der Waals surface area contributed by atoms with Crippen LogP contribution in [-0.4, -0.2) is 30.6 Å². The third-order valence-corrected chi connectivity index (χ3v) is 8.59. The average molecular weight is 422 g/mol. The number of piperidine rings is 1. The van der Waals surface area contributed by atoms with Gasteiger partial charge in [-0.3, -0.25) is 0 Å². The van der Waals surface area contributed by atoms with Crippen LogP contribution in [-0.2, 0) is 21.4 Å². The zero-order chi connectivity index (χ0) is 20.5. The minimum absolute atomic E-state index is 0.124. The highest BCUT2D eigenvalue weighted by Crippen LogP contribution is 2.49. The summed E-state index contributed by atoms with van der Waals surface area (Å²) in [4.78, 5) is 0. The lowest BCUT2D eigenvalue weighted by Gasteiger charge is -2.37. The predicted molar refractivity (Wildman–Crippen MR) is 107 cm³/mol. The molecule has 0 N–H and O–H groups in total. The molecule has 1 saturated carbocycles. The largest absolute Gasteiger partial charge is 0.375 e. The zero-order valence-electron chi connectivity index (χ0n) is 16.2. The van der Waals surface area contributed by atoms with Gasteiger partial charge in [0.25, 0.3) is 0 Å². The van der Waals surface area contributed by atoms with Crippen LogP contribution in [0.15, 0.2) is 48.5 Å². The number of hydrogen-bond acceptors (Lipinski definition) is 3. The Labute approximate surface area is 170 Å². The summed E-state index contributed by atoms with van der Waals surface area (Å²) >= 11 is 0. The van der Waals surface area contributed by atoms with Crippen LogP contribution in [0.4, 0.5) is 8.78 Å². The van der Waals surface area contributed by atoms with Crippen molar-refractivity contribution in [2.75, 3.05) is 13.2 Å². The zero-order valence-corrected chi connectivity index (χ0v) is 17.0. The van der Waals surface area contributed by atoms with Gasteiger partial charge in [-0.2, -0.15) is 4.31 Å². The van der Waals surface area contributed by atoms with Gasteiger partial charge in [0.15, 0.2) is 0 Å². The lowest BCUT2D eigenvalue weighted by atomic mass is 9.97. The van der Waals surface area contributed by atoms with Gasteiger partial charge < -0.3 is 4.74 Å². The van der Waals surface area contributed by atoms with Crippen molar-refractivity contribution < 1.29 is 21.9 Å². The highest BCUT2D eigenvalue weighted by Gasteiger charge is 2.58. The maximum atomic E-state index is 14.4. The number of benzene rings is 2. The van der Waals surface area contributed by atoms with Gasteiger partial charge in [0.05, 0.1) is 19.3 Å². The fourth-order valence-corrected chi connectivity index (χ4v) is 6.34. The first-order valence-electron chi connectivity index (χ1n) is 10.0. The lowest BCUT2D eigenvalue weighted by Crippen LogP contribution is -2.46. The van der Waals surface area contributed by atoms with Gasteiger partial charge in [-0.25, -0.2) is 17.2 Å². The van der Waals surface area contributed by atoms with Gasteiger partial charge in [0.1, 0.15) is 16.4 Å². The summed E-state index contributed by atoms with van der Waals surface area (Å²) < 4.78 is 61.1. The van der Waals surface area contributed by atoms with E-state index in [4.69, 9.17) is 4.74 Å². The second kappa shape index (κ2) is 8.13. The Balaban J connectivity index is 1.52. The predicted octanol–water partition coefficient (Wildman–Crippen LogP) is 4.57. The van der Waals surface area contributed by atoms with E-state index in [1.807, 2.05) is 30.3 Å². The van der Waals surface area contributed by atoms with Crippen LogP contribution in [0.2, 0.25) is 0 Å². The summed E-state index contributed by atoms with van der Waals surface area (Å²) in [5.74, 6) is -1.35. The Morgan fingerprint density at radius 1 is 1.07 bits per heavy atom. The molecule has 2 fully saturated rings. The second-order valence-corrected chi connectivity index (χ2v) is 10.2. The van der Waals surface area contributed by atoms with Crippen molar-refractivity contribution in [1.82, 2.24) is 4.31 Å². The molecule has 1 atom stereocenters. The van der Waals surface area contributed by atoms with Gasteiger partial charge >= 0.3 is 0 Å². The molecule has 2 aromatic carbocycles. The lowest BCUT2D eigenvalue weighted by molar-refractivity contribution is 0.113. The number of nitrogens with zero attached hydrogens (tertiary/aromatic N) is 1. The number of halogens is 2. The van der Waals surface area contributed by atoms with Gasteiger partial charge in [-0.1, -0.05) is 42.8 Å². The van der Waals surface area contributed by atoms with Crippen molar-refractivity contribution in [3.63, 3.8) is 0 Å². The van der Waals surface area contributed by atoms with E-state index < -0.39 is 32.4 Å². The molecular formula is C22H25F2NO3S. The topological polar surface area (TPSA) is 46.6 Å². The van der Waals surface area contributed by atoms with Crippen LogP contribution in [0, 0.1) is 11.6 Å². The van der Waals surface area contributed by atoms with E-state index in [2.05, 4.69) is 0 Å². The van der Waals surface area contributed by atoms with Crippen LogP contribution in [0.3, 0.4) is 0 Å². The smallest absolute Gasteiger partial charge is 0.222 e. The third-order valence-electron chi connectivity index (χ3n) is 5.92. The molecule has 0 amide bonds. The van der Waals surface area contributed by atoms with E-state index in [-0.39, 0.29) is 12.2 Å². The summed E-state index contributed by atoms with van der Waals surface area (Å²) in [7, 11) is -3.68. The molecule has 1 unspecified atom stereocenters. The monoisotopic (exact) mass is 421 g/mol. The van der Waals surface area contributed by atoms with E-state index >= 15 is 0 Å². The maximum Gasteiger partial charge on any atom is 0.222 e. The Hall–Kier alpha value is -1.83. The van der Waals surface area contributed by atoms with Crippen molar-refractivity contribution >= 4 is 10.0 Å². The molecule has 2 aromatic rings. The van der Waals surface area contributed by atoms with Gasteiger partial charge in [-0.15, -0.1) is 0 Å². The minimum atomic E-state index is -3.68. The summed E-state index contributed by atoms with van der Waals surface area (Å²) in [6.45, 7) is 0.831.